The molecule has 8 rings (SSSR count). The van der Waals surface area contributed by atoms with Gasteiger partial charge in [-0.2, -0.15) is 0 Å². The van der Waals surface area contributed by atoms with Crippen LogP contribution in [0.25, 0.3) is 10.0 Å². The van der Waals surface area contributed by atoms with Crippen LogP contribution in [0.15, 0.2) is 58.5 Å². The summed E-state index contributed by atoms with van der Waals surface area (Å²) < 4.78 is 26.2. The zero-order chi connectivity index (χ0) is 48.1. The molecule has 0 unspecified atom stereocenters. The van der Waals surface area contributed by atoms with Crippen LogP contribution in [0.2, 0.25) is 10.0 Å². The van der Waals surface area contributed by atoms with Crippen LogP contribution in [0.3, 0.4) is 0 Å². The van der Waals surface area contributed by atoms with E-state index in [0.29, 0.717) is 103 Å². The lowest BCUT2D eigenvalue weighted by atomic mass is 9.98. The van der Waals surface area contributed by atoms with Crippen LogP contribution in [0.1, 0.15) is 122 Å². The minimum absolute atomic E-state index is 0.00355. The van der Waals surface area contributed by atoms with Gasteiger partial charge in [-0.15, -0.1) is 43.1 Å². The van der Waals surface area contributed by atoms with Crippen molar-refractivity contribution in [3.8, 4) is 10.0 Å². The van der Waals surface area contributed by atoms with Gasteiger partial charge < -0.3 is 18.9 Å². The maximum absolute atomic E-state index is 13.8. The van der Waals surface area contributed by atoms with Crippen molar-refractivity contribution in [1.29, 1.82) is 0 Å². The molecule has 2 aliphatic heterocycles. The quantitative estimate of drug-likeness (QED) is 0.0382. The Morgan fingerprint density at radius 3 is 1.60 bits per heavy atom. The molecule has 0 saturated carbocycles. The fraction of sp³-hybridized carbons (Fsp3) is 0.408. The van der Waals surface area contributed by atoms with Crippen molar-refractivity contribution in [2.24, 2.45) is 9.98 Å². The van der Waals surface area contributed by atoms with Gasteiger partial charge in [-0.3, -0.25) is 33.5 Å². The highest BCUT2D eigenvalue weighted by Crippen LogP contribution is 2.42. The third-order valence-electron chi connectivity index (χ3n) is 11.9. The number of halogens is 2. The van der Waals surface area contributed by atoms with Gasteiger partial charge in [0.25, 0.3) is 0 Å². The zero-order valence-corrected chi connectivity index (χ0v) is 41.9. The number of aryl methyl sites for hydroxylation is 3. The molecule has 0 aliphatic carbocycles. The van der Waals surface area contributed by atoms with Gasteiger partial charge in [0.05, 0.1) is 56.3 Å². The number of rotatable bonds is 21. The normalized spacial score (nSPS) is 15.1. The van der Waals surface area contributed by atoms with E-state index in [0.717, 1.165) is 54.9 Å². The number of ether oxygens (including phenoxy) is 4. The Bertz CT molecular complexity index is 2880. The number of methoxy groups -OCH3 is 1. The largest absolute Gasteiger partial charge is 0.469 e. The van der Waals surface area contributed by atoms with Crippen molar-refractivity contribution >= 4 is 74.8 Å². The van der Waals surface area contributed by atoms with E-state index in [-0.39, 0.29) is 24.4 Å². The highest BCUT2D eigenvalue weighted by atomic mass is 35.5. The molecule has 0 saturated heterocycles. The summed E-state index contributed by atoms with van der Waals surface area (Å²) in [5, 5.41) is 20.6. The summed E-state index contributed by atoms with van der Waals surface area (Å²) in [6.45, 7) is 12.2. The second-order valence-electron chi connectivity index (χ2n) is 16.6. The molecule has 2 atom stereocenters. The number of carbonyl (C=O) groups is 3. The molecule has 6 heterocycles. The van der Waals surface area contributed by atoms with Gasteiger partial charge in [0.15, 0.2) is 17.4 Å². The predicted octanol–water partition coefficient (Wildman–Crippen LogP) is 9.62. The average molecular weight is 1000 g/mol. The average Bonchev–Trinajstić information content (AvgIpc) is 4.03. The van der Waals surface area contributed by atoms with Crippen LogP contribution >= 0.6 is 45.9 Å². The molecule has 6 aromatic rings. The van der Waals surface area contributed by atoms with Gasteiger partial charge in [-0.05, 0) is 82.9 Å². The molecule has 356 valence electrons. The Morgan fingerprint density at radius 2 is 1.07 bits per heavy atom. The maximum atomic E-state index is 13.8. The Morgan fingerprint density at radius 1 is 0.603 bits per heavy atom. The van der Waals surface area contributed by atoms with Crippen LogP contribution in [0.5, 0.6) is 0 Å². The lowest BCUT2D eigenvalue weighted by molar-refractivity contribution is -0.141. The van der Waals surface area contributed by atoms with E-state index in [4.69, 9.17) is 52.1 Å². The molecule has 0 radical (unpaired) electrons. The van der Waals surface area contributed by atoms with Gasteiger partial charge in [-0.1, -0.05) is 47.5 Å². The Balaban J connectivity index is 0.769. The summed E-state index contributed by atoms with van der Waals surface area (Å²) in [5.41, 5.74) is 6.94. The lowest BCUT2D eigenvalue weighted by Crippen LogP contribution is -2.13. The minimum Gasteiger partial charge on any atom is -0.469 e. The summed E-state index contributed by atoms with van der Waals surface area (Å²) in [7, 11) is 1.34. The molecular weight excluding hydrogens is 948 g/mol. The molecule has 0 spiro atoms. The van der Waals surface area contributed by atoms with Gasteiger partial charge in [0.1, 0.15) is 39.5 Å². The van der Waals surface area contributed by atoms with Crippen LogP contribution < -0.4 is 0 Å². The number of thiophene rings is 2. The van der Waals surface area contributed by atoms with E-state index in [9.17, 15) is 14.4 Å². The minimum atomic E-state index is -0.653. The van der Waals surface area contributed by atoms with Crippen molar-refractivity contribution in [1.82, 2.24) is 29.5 Å². The van der Waals surface area contributed by atoms with Gasteiger partial charge in [0.2, 0.25) is 0 Å². The number of Topliss-reactive ketones (excluding diaryl/α,β-unsaturated/α-hetero) is 2. The molecule has 15 nitrogen and oxygen atoms in total. The smallest absolute Gasteiger partial charge is 0.308 e. The molecule has 2 aromatic carbocycles. The molecule has 0 bridgehead atoms. The third kappa shape index (κ3) is 10.6. The highest BCUT2D eigenvalue weighted by molar-refractivity contribution is 7.17. The second kappa shape index (κ2) is 22.0. The van der Waals surface area contributed by atoms with Crippen LogP contribution in [0.4, 0.5) is 0 Å². The van der Waals surface area contributed by atoms with Crippen molar-refractivity contribution in [2.45, 2.75) is 85.2 Å². The maximum Gasteiger partial charge on any atom is 0.308 e. The summed E-state index contributed by atoms with van der Waals surface area (Å²) in [5.74, 6) is 2.17. The fourth-order valence-corrected chi connectivity index (χ4v) is 11.1. The predicted molar refractivity (Wildman–Crippen MR) is 263 cm³/mol. The first kappa shape index (κ1) is 49.2. The molecule has 68 heavy (non-hydrogen) atoms. The molecule has 0 N–H and O–H groups in total. The van der Waals surface area contributed by atoms with E-state index < -0.39 is 18.1 Å². The van der Waals surface area contributed by atoms with Gasteiger partial charge in [0, 0.05) is 69.7 Å². The van der Waals surface area contributed by atoms with Crippen LogP contribution in [-0.2, 0) is 28.5 Å². The van der Waals surface area contributed by atoms with Gasteiger partial charge in [-0.25, -0.2) is 0 Å². The van der Waals surface area contributed by atoms with E-state index in [1.54, 1.807) is 23.5 Å². The standard InChI is InChI=1S/C49H52Cl2N8O7S2/c1-27-29(3)67-48-41(27)43(32-11-15-34(50)16-12-32)52-37(46-56-54-30(4)58(46)48)25-36(60)9-7-19-64-21-23-66-24-22-65-20-8-10-39(61)45-28(2)42-44(33-13-17-35(51)18-14-33)53-38(26-40(62)63-6)47-57-55-31(5)59(47)49(42)68-45/h11-18,37-38H,7-10,19-26H2,1-6H3/t37-,38-/m0/s1. The summed E-state index contributed by atoms with van der Waals surface area (Å²) in [6, 6.07) is 13.8. The Labute approximate surface area is 412 Å². The van der Waals surface area contributed by atoms with E-state index in [1.807, 2.05) is 61.7 Å². The van der Waals surface area contributed by atoms with Crippen LogP contribution in [-0.4, -0.2) is 105 Å². The SMILES string of the molecule is COC(=O)C[C@@H]1N=C(c2ccc(Cl)cc2)c2c(sc(C(=O)CCCOCCOCCOCCCC(=O)C[C@@H]3N=C(c4ccc(Cl)cc4)c4c(sc(C)c4C)-n4c(C)nnc43)c2C)-n2c(C)nnc21. The molecular formula is C49H52Cl2N8O7S2. The number of ketones is 2. The molecule has 0 amide bonds. The summed E-state index contributed by atoms with van der Waals surface area (Å²) in [6.07, 6.45) is 1.92. The van der Waals surface area contributed by atoms with E-state index in [2.05, 4.69) is 38.8 Å². The first-order valence-corrected chi connectivity index (χ1v) is 24.8. The molecule has 4 aromatic heterocycles. The third-order valence-corrected chi connectivity index (χ3v) is 14.9. The van der Waals surface area contributed by atoms with Crippen LogP contribution in [0, 0.1) is 34.6 Å². The van der Waals surface area contributed by atoms with Crippen molar-refractivity contribution in [3.05, 3.63) is 125 Å². The summed E-state index contributed by atoms with van der Waals surface area (Å²) >= 11 is 15.5. The monoisotopic (exact) mass is 998 g/mol. The molecule has 2 aliphatic rings. The second-order valence-corrected chi connectivity index (χ2v) is 19.6. The number of aromatic nitrogens is 6. The first-order chi connectivity index (χ1) is 32.8. The topological polar surface area (TPSA) is 174 Å². The number of nitrogens with zero attached hydrogens (tertiary/aromatic N) is 8. The lowest BCUT2D eigenvalue weighted by Gasteiger charge is -2.12. The molecule has 0 fully saturated rings. The number of benzene rings is 2. The number of aliphatic imine (C=N–C) groups is 2. The molecule has 19 heteroatoms. The summed E-state index contributed by atoms with van der Waals surface area (Å²) in [4.78, 5) is 51.7. The number of carbonyl (C=O) groups excluding carboxylic acids is 3. The number of fused-ring (bicyclic) bond motifs is 6. The van der Waals surface area contributed by atoms with Crippen molar-refractivity contribution in [2.75, 3.05) is 46.8 Å². The van der Waals surface area contributed by atoms with Gasteiger partial charge >= 0.3 is 5.97 Å². The Hall–Kier alpha value is -5.27. The van der Waals surface area contributed by atoms with E-state index in [1.165, 1.54) is 23.3 Å². The number of esters is 1. The van der Waals surface area contributed by atoms with E-state index >= 15 is 0 Å². The fourth-order valence-electron chi connectivity index (χ4n) is 8.34. The highest BCUT2D eigenvalue weighted by Gasteiger charge is 2.35. The Kier molecular flexibility index (Phi) is 15.9. The number of hydrogen-bond donors (Lipinski definition) is 0. The first-order valence-electron chi connectivity index (χ1n) is 22.5. The zero-order valence-electron chi connectivity index (χ0n) is 38.8. The van der Waals surface area contributed by atoms with Crippen molar-refractivity contribution in [3.63, 3.8) is 0 Å². The number of hydrogen-bond acceptors (Lipinski definition) is 15. The van der Waals surface area contributed by atoms with Crippen molar-refractivity contribution < 1.29 is 33.3 Å².